The van der Waals surface area contributed by atoms with Crippen molar-refractivity contribution in [1.82, 2.24) is 14.3 Å². The molecule has 1 aliphatic heterocycles. The van der Waals surface area contributed by atoms with Crippen molar-refractivity contribution >= 4 is 22.9 Å². The van der Waals surface area contributed by atoms with Crippen LogP contribution in [0.1, 0.15) is 35.9 Å². The highest BCUT2D eigenvalue weighted by Crippen LogP contribution is 2.24. The Morgan fingerprint density at radius 2 is 1.86 bits per heavy atom. The molecule has 2 aromatic heterocycles. The topological polar surface area (TPSA) is 52.9 Å². The molecule has 4 rings (SSSR count). The molecule has 1 amide bonds. The fourth-order valence-electron chi connectivity index (χ4n) is 3.89. The number of anilines is 2. The van der Waals surface area contributed by atoms with Gasteiger partial charge < -0.3 is 19.5 Å². The van der Waals surface area contributed by atoms with Crippen LogP contribution in [-0.4, -0.2) is 47.4 Å². The van der Waals surface area contributed by atoms with Crippen LogP contribution in [0.4, 0.5) is 11.4 Å². The molecule has 1 aliphatic rings. The first-order chi connectivity index (χ1) is 14.0. The third-order valence-electron chi connectivity index (χ3n) is 5.58. The molecule has 6 heteroatoms. The molecule has 1 fully saturated rings. The number of carbonyl (C=O) groups excluding carboxylic acids is 1. The summed E-state index contributed by atoms with van der Waals surface area (Å²) in [6, 6.07) is 14.0. The van der Waals surface area contributed by atoms with Gasteiger partial charge in [-0.15, -0.1) is 0 Å². The van der Waals surface area contributed by atoms with Crippen molar-refractivity contribution in [2.24, 2.45) is 5.92 Å². The highest BCUT2D eigenvalue weighted by atomic mass is 16.1. The third kappa shape index (κ3) is 4.27. The van der Waals surface area contributed by atoms with E-state index in [9.17, 15) is 4.79 Å². The number of rotatable bonds is 5. The Morgan fingerprint density at radius 3 is 2.55 bits per heavy atom. The summed E-state index contributed by atoms with van der Waals surface area (Å²) in [5, 5.41) is 3.02. The lowest BCUT2D eigenvalue weighted by Crippen LogP contribution is -2.32. The first-order valence-corrected chi connectivity index (χ1v) is 10.3. The lowest BCUT2D eigenvalue weighted by molar-refractivity contribution is 0.102. The summed E-state index contributed by atoms with van der Waals surface area (Å²) in [4.78, 5) is 22.0. The van der Waals surface area contributed by atoms with Crippen LogP contribution < -0.4 is 10.2 Å². The molecule has 152 valence electrons. The van der Waals surface area contributed by atoms with Gasteiger partial charge in [0.25, 0.3) is 5.91 Å². The monoisotopic (exact) mass is 391 g/mol. The van der Waals surface area contributed by atoms with Crippen LogP contribution >= 0.6 is 0 Å². The number of imidazole rings is 1. The van der Waals surface area contributed by atoms with E-state index < -0.39 is 0 Å². The molecule has 0 spiro atoms. The summed E-state index contributed by atoms with van der Waals surface area (Å²) >= 11 is 0. The number of amides is 1. The lowest BCUT2D eigenvalue weighted by Gasteiger charge is -2.32. The van der Waals surface area contributed by atoms with Crippen molar-refractivity contribution in [1.29, 1.82) is 0 Å². The van der Waals surface area contributed by atoms with Gasteiger partial charge >= 0.3 is 0 Å². The van der Waals surface area contributed by atoms with Crippen molar-refractivity contribution < 1.29 is 4.79 Å². The molecule has 3 heterocycles. The largest absolute Gasteiger partial charge is 0.372 e. The van der Waals surface area contributed by atoms with Gasteiger partial charge in [-0.3, -0.25) is 4.79 Å². The van der Waals surface area contributed by atoms with Crippen LogP contribution in [0.15, 0.2) is 48.7 Å². The average Bonchev–Trinajstić information content (AvgIpc) is 3.07. The molecule has 1 aromatic carbocycles. The SMILES string of the molecule is CC1CCN(c2ccc(NC(=O)c3nc4ccccn4c3CN(C)C)cc2)CC1. The summed E-state index contributed by atoms with van der Waals surface area (Å²) in [5.74, 6) is 0.636. The lowest BCUT2D eigenvalue weighted by atomic mass is 9.99. The standard InChI is InChI=1S/C23H29N5O/c1-17-11-14-27(15-12-17)19-9-7-18(8-10-19)24-23(29)22-20(16-26(2)3)28-13-5-4-6-21(28)25-22/h4-10,13,17H,11-12,14-16H2,1-3H3,(H,24,29). The van der Waals surface area contributed by atoms with Crippen LogP contribution in [-0.2, 0) is 6.54 Å². The minimum atomic E-state index is -0.176. The van der Waals surface area contributed by atoms with Crippen LogP contribution in [0.2, 0.25) is 0 Å². The number of aromatic nitrogens is 2. The number of pyridine rings is 1. The second-order valence-corrected chi connectivity index (χ2v) is 8.24. The number of benzene rings is 1. The fraction of sp³-hybridized carbons (Fsp3) is 0.391. The minimum Gasteiger partial charge on any atom is -0.372 e. The molecule has 0 atom stereocenters. The first kappa shape index (κ1) is 19.5. The maximum atomic E-state index is 13.0. The van der Waals surface area contributed by atoms with Crippen molar-refractivity contribution in [3.63, 3.8) is 0 Å². The van der Waals surface area contributed by atoms with E-state index in [1.54, 1.807) is 0 Å². The van der Waals surface area contributed by atoms with Gasteiger partial charge in [0, 0.05) is 37.2 Å². The molecule has 0 saturated carbocycles. The zero-order chi connectivity index (χ0) is 20.4. The smallest absolute Gasteiger partial charge is 0.276 e. The van der Waals surface area contributed by atoms with E-state index in [4.69, 9.17) is 0 Å². The molecule has 0 bridgehead atoms. The second kappa shape index (κ2) is 8.25. The summed E-state index contributed by atoms with van der Waals surface area (Å²) < 4.78 is 1.98. The molecule has 0 aliphatic carbocycles. The van der Waals surface area contributed by atoms with Crippen molar-refractivity contribution in [3.05, 3.63) is 60.0 Å². The number of fused-ring (bicyclic) bond motifs is 1. The molecule has 3 aromatic rings. The Hall–Kier alpha value is -2.86. The number of nitrogens with one attached hydrogen (secondary N) is 1. The average molecular weight is 392 g/mol. The van der Waals surface area contributed by atoms with Gasteiger partial charge in [-0.2, -0.15) is 0 Å². The zero-order valence-corrected chi connectivity index (χ0v) is 17.4. The number of hydrogen-bond acceptors (Lipinski definition) is 4. The zero-order valence-electron chi connectivity index (χ0n) is 17.4. The van der Waals surface area contributed by atoms with Gasteiger partial charge in [0.1, 0.15) is 5.65 Å². The summed E-state index contributed by atoms with van der Waals surface area (Å²) in [6.07, 6.45) is 4.42. The molecule has 6 nitrogen and oxygen atoms in total. The van der Waals surface area contributed by atoms with Crippen LogP contribution in [0, 0.1) is 5.92 Å². The van der Waals surface area contributed by atoms with Gasteiger partial charge in [0.2, 0.25) is 0 Å². The number of hydrogen-bond donors (Lipinski definition) is 1. The number of carbonyl (C=O) groups is 1. The normalized spacial score (nSPS) is 15.2. The second-order valence-electron chi connectivity index (χ2n) is 8.24. The van der Waals surface area contributed by atoms with Gasteiger partial charge in [0.05, 0.1) is 5.69 Å². The van der Waals surface area contributed by atoms with Gasteiger partial charge in [-0.05, 0) is 69.3 Å². The van der Waals surface area contributed by atoms with Gasteiger partial charge in [-0.25, -0.2) is 4.98 Å². The molecule has 0 radical (unpaired) electrons. The van der Waals surface area contributed by atoms with E-state index in [0.717, 1.165) is 36.0 Å². The molecule has 0 unspecified atom stereocenters. The van der Waals surface area contributed by atoms with Gasteiger partial charge in [-0.1, -0.05) is 13.0 Å². The highest BCUT2D eigenvalue weighted by molar-refractivity contribution is 6.04. The number of piperidine rings is 1. The van der Waals surface area contributed by atoms with Crippen LogP contribution in [0.5, 0.6) is 0 Å². The molecule has 1 saturated heterocycles. The summed E-state index contributed by atoms with van der Waals surface area (Å²) in [5.41, 5.74) is 4.15. The van der Waals surface area contributed by atoms with Gasteiger partial charge in [0.15, 0.2) is 5.69 Å². The third-order valence-corrected chi connectivity index (χ3v) is 5.58. The Bertz CT molecular complexity index is 984. The van der Waals surface area contributed by atoms with E-state index in [1.807, 2.05) is 59.9 Å². The van der Waals surface area contributed by atoms with E-state index in [1.165, 1.54) is 18.5 Å². The Morgan fingerprint density at radius 1 is 1.14 bits per heavy atom. The van der Waals surface area contributed by atoms with E-state index >= 15 is 0 Å². The predicted octanol–water partition coefficient (Wildman–Crippen LogP) is 3.88. The van der Waals surface area contributed by atoms with E-state index in [-0.39, 0.29) is 5.91 Å². The van der Waals surface area contributed by atoms with Crippen molar-refractivity contribution in [2.45, 2.75) is 26.3 Å². The summed E-state index contributed by atoms with van der Waals surface area (Å²) in [6.45, 7) is 5.16. The fourth-order valence-corrected chi connectivity index (χ4v) is 3.89. The predicted molar refractivity (Wildman–Crippen MR) is 118 cm³/mol. The van der Waals surface area contributed by atoms with Crippen LogP contribution in [0.25, 0.3) is 5.65 Å². The van der Waals surface area contributed by atoms with Crippen molar-refractivity contribution in [2.75, 3.05) is 37.4 Å². The van der Waals surface area contributed by atoms with E-state index in [0.29, 0.717) is 12.2 Å². The highest BCUT2D eigenvalue weighted by Gasteiger charge is 2.20. The first-order valence-electron chi connectivity index (χ1n) is 10.3. The van der Waals surface area contributed by atoms with Crippen LogP contribution in [0.3, 0.4) is 0 Å². The van der Waals surface area contributed by atoms with E-state index in [2.05, 4.69) is 34.3 Å². The Balaban J connectivity index is 1.52. The number of nitrogens with zero attached hydrogens (tertiary/aromatic N) is 4. The quantitative estimate of drug-likeness (QED) is 0.717. The Labute approximate surface area is 172 Å². The maximum absolute atomic E-state index is 13.0. The molecule has 1 N–H and O–H groups in total. The molecular weight excluding hydrogens is 362 g/mol. The molecular formula is C23H29N5O. The summed E-state index contributed by atoms with van der Waals surface area (Å²) in [7, 11) is 3.98. The Kier molecular flexibility index (Phi) is 5.53. The van der Waals surface area contributed by atoms with Crippen molar-refractivity contribution in [3.8, 4) is 0 Å². The maximum Gasteiger partial charge on any atom is 0.276 e. The molecule has 29 heavy (non-hydrogen) atoms. The minimum absolute atomic E-state index is 0.176.